The second-order valence-electron chi connectivity index (χ2n) is 3.70. The van der Waals surface area contributed by atoms with Gasteiger partial charge in [0.15, 0.2) is 6.10 Å². The van der Waals surface area contributed by atoms with E-state index in [0.717, 1.165) is 18.2 Å². The molecular weight excluding hydrogens is 273 g/mol. The number of nitrogens with one attached hydrogen (secondary N) is 2. The molecule has 1 aromatic carbocycles. The number of hydrogen-bond donors (Lipinski definition) is 2. The van der Waals surface area contributed by atoms with Gasteiger partial charge in [0.25, 0.3) is 5.91 Å². The molecule has 1 unspecified atom stereocenters. The first-order valence-corrected chi connectivity index (χ1v) is 5.48. The number of hydrogen-bond acceptors (Lipinski definition) is 5. The summed E-state index contributed by atoms with van der Waals surface area (Å²) in [5, 5.41) is 14.6. The standard InChI is InChI=1S/C11H12FN3O5/c1-6(10(16)14-11(17)13-2)20-7-3-4-9(15(18)19)8(12)5-7/h3-6H,1-2H3,(H2,13,14,16,17). The van der Waals surface area contributed by atoms with Crippen molar-refractivity contribution in [1.29, 1.82) is 0 Å². The molecule has 0 aliphatic carbocycles. The van der Waals surface area contributed by atoms with E-state index in [1.54, 1.807) is 0 Å². The van der Waals surface area contributed by atoms with E-state index in [-0.39, 0.29) is 5.75 Å². The van der Waals surface area contributed by atoms with Gasteiger partial charge >= 0.3 is 11.7 Å². The number of rotatable bonds is 4. The predicted octanol–water partition coefficient (Wildman–Crippen LogP) is 0.957. The molecule has 0 spiro atoms. The van der Waals surface area contributed by atoms with Crippen LogP contribution in [0.3, 0.4) is 0 Å². The molecule has 0 heterocycles. The third-order valence-electron chi connectivity index (χ3n) is 2.26. The van der Waals surface area contributed by atoms with Gasteiger partial charge in [-0.15, -0.1) is 0 Å². The Morgan fingerprint density at radius 1 is 1.45 bits per heavy atom. The Morgan fingerprint density at radius 2 is 2.10 bits per heavy atom. The fourth-order valence-electron chi connectivity index (χ4n) is 1.24. The summed E-state index contributed by atoms with van der Waals surface area (Å²) >= 11 is 0. The third kappa shape index (κ3) is 3.90. The highest BCUT2D eigenvalue weighted by Crippen LogP contribution is 2.22. The summed E-state index contributed by atoms with van der Waals surface area (Å²) in [4.78, 5) is 32.0. The van der Waals surface area contributed by atoms with E-state index in [2.05, 4.69) is 5.32 Å². The van der Waals surface area contributed by atoms with Crippen molar-refractivity contribution in [2.24, 2.45) is 0 Å². The summed E-state index contributed by atoms with van der Waals surface area (Å²) in [6.07, 6.45) is -1.08. The number of nitro benzene ring substituents is 1. The molecule has 0 fully saturated rings. The molecule has 1 aromatic rings. The van der Waals surface area contributed by atoms with Crippen LogP contribution in [0.4, 0.5) is 14.9 Å². The van der Waals surface area contributed by atoms with Gasteiger partial charge in [0, 0.05) is 19.2 Å². The topological polar surface area (TPSA) is 111 Å². The van der Waals surface area contributed by atoms with Crippen LogP contribution in [0, 0.1) is 15.9 Å². The van der Waals surface area contributed by atoms with E-state index in [1.807, 2.05) is 5.32 Å². The quantitative estimate of drug-likeness (QED) is 0.632. The maximum Gasteiger partial charge on any atom is 0.321 e. The highest BCUT2D eigenvalue weighted by molar-refractivity contribution is 5.96. The molecular formula is C11H12FN3O5. The Bertz CT molecular complexity index is 549. The van der Waals surface area contributed by atoms with Crippen molar-refractivity contribution in [3.63, 3.8) is 0 Å². The second kappa shape index (κ2) is 6.45. The lowest BCUT2D eigenvalue weighted by Crippen LogP contribution is -2.43. The smallest absolute Gasteiger partial charge is 0.321 e. The van der Waals surface area contributed by atoms with Crippen molar-refractivity contribution < 1.29 is 23.6 Å². The Kier molecular flexibility index (Phi) is 4.95. The molecule has 0 aliphatic rings. The summed E-state index contributed by atoms with van der Waals surface area (Å²) in [5.41, 5.74) is -0.695. The Balaban J connectivity index is 2.73. The van der Waals surface area contributed by atoms with E-state index < -0.39 is 34.5 Å². The third-order valence-corrected chi connectivity index (χ3v) is 2.26. The van der Waals surface area contributed by atoms with Crippen LogP contribution < -0.4 is 15.4 Å². The average molecular weight is 285 g/mol. The maximum absolute atomic E-state index is 13.3. The summed E-state index contributed by atoms with van der Waals surface area (Å²) < 4.78 is 18.4. The molecule has 20 heavy (non-hydrogen) atoms. The zero-order chi connectivity index (χ0) is 15.3. The van der Waals surface area contributed by atoms with Crippen molar-refractivity contribution in [3.8, 4) is 5.75 Å². The lowest BCUT2D eigenvalue weighted by molar-refractivity contribution is -0.387. The minimum atomic E-state index is -1.08. The first-order valence-electron chi connectivity index (χ1n) is 5.48. The number of nitrogens with zero attached hydrogens (tertiary/aromatic N) is 1. The first-order chi connectivity index (χ1) is 9.35. The van der Waals surface area contributed by atoms with Gasteiger partial charge in [-0.2, -0.15) is 4.39 Å². The normalized spacial score (nSPS) is 11.3. The summed E-state index contributed by atoms with van der Waals surface area (Å²) in [6, 6.07) is 2.17. The van der Waals surface area contributed by atoms with E-state index in [4.69, 9.17) is 4.74 Å². The number of halogens is 1. The highest BCUT2D eigenvalue weighted by Gasteiger charge is 2.19. The summed E-state index contributed by atoms with van der Waals surface area (Å²) in [7, 11) is 1.33. The van der Waals surface area contributed by atoms with Gasteiger partial charge in [0.05, 0.1) is 4.92 Å². The van der Waals surface area contributed by atoms with Gasteiger partial charge in [-0.1, -0.05) is 0 Å². The fraction of sp³-hybridized carbons (Fsp3) is 0.273. The van der Waals surface area contributed by atoms with Crippen LogP contribution >= 0.6 is 0 Å². The molecule has 9 heteroatoms. The monoisotopic (exact) mass is 285 g/mol. The fourth-order valence-corrected chi connectivity index (χ4v) is 1.24. The largest absolute Gasteiger partial charge is 0.481 e. The molecule has 1 atom stereocenters. The van der Waals surface area contributed by atoms with Crippen LogP contribution in [0.1, 0.15) is 6.92 Å². The SMILES string of the molecule is CNC(=O)NC(=O)C(C)Oc1ccc([N+](=O)[O-])c(F)c1. The van der Waals surface area contributed by atoms with Crippen LogP contribution in [-0.2, 0) is 4.79 Å². The molecule has 0 bridgehead atoms. The summed E-state index contributed by atoms with van der Waals surface area (Å²) in [6.45, 7) is 1.34. The number of nitro groups is 1. The zero-order valence-electron chi connectivity index (χ0n) is 10.7. The van der Waals surface area contributed by atoms with Crippen LogP contribution in [0.15, 0.2) is 18.2 Å². The van der Waals surface area contributed by atoms with Crippen molar-refractivity contribution in [3.05, 3.63) is 34.1 Å². The molecule has 0 saturated heterocycles. The number of urea groups is 1. The number of imide groups is 1. The lowest BCUT2D eigenvalue weighted by atomic mass is 10.3. The number of ether oxygens (including phenoxy) is 1. The van der Waals surface area contributed by atoms with E-state index in [1.165, 1.54) is 14.0 Å². The van der Waals surface area contributed by atoms with Gasteiger partial charge in [-0.25, -0.2) is 4.79 Å². The number of carbonyl (C=O) groups excluding carboxylic acids is 2. The van der Waals surface area contributed by atoms with Gasteiger partial charge in [0.2, 0.25) is 5.82 Å². The molecule has 8 nitrogen and oxygen atoms in total. The van der Waals surface area contributed by atoms with Gasteiger partial charge in [-0.3, -0.25) is 20.2 Å². The van der Waals surface area contributed by atoms with E-state index in [9.17, 15) is 24.1 Å². The second-order valence-corrected chi connectivity index (χ2v) is 3.70. The molecule has 108 valence electrons. The molecule has 0 saturated carbocycles. The highest BCUT2D eigenvalue weighted by atomic mass is 19.1. The molecule has 2 N–H and O–H groups in total. The van der Waals surface area contributed by atoms with Crippen LogP contribution in [0.5, 0.6) is 5.75 Å². The molecule has 1 rings (SSSR count). The number of carbonyl (C=O) groups is 2. The minimum absolute atomic E-state index is 0.0624. The maximum atomic E-state index is 13.3. The van der Waals surface area contributed by atoms with Gasteiger partial charge in [0.1, 0.15) is 5.75 Å². The van der Waals surface area contributed by atoms with Crippen molar-refractivity contribution in [2.75, 3.05) is 7.05 Å². The molecule has 3 amide bonds. The number of benzene rings is 1. The minimum Gasteiger partial charge on any atom is -0.481 e. The Hall–Kier alpha value is -2.71. The lowest BCUT2D eigenvalue weighted by Gasteiger charge is -2.13. The van der Waals surface area contributed by atoms with Crippen LogP contribution in [0.2, 0.25) is 0 Å². The summed E-state index contributed by atoms with van der Waals surface area (Å²) in [5.74, 6) is -1.87. The Labute approximate surface area is 113 Å². The van der Waals surface area contributed by atoms with Crippen molar-refractivity contribution in [1.82, 2.24) is 10.6 Å². The predicted molar refractivity (Wildman–Crippen MR) is 65.7 cm³/mol. The van der Waals surface area contributed by atoms with Crippen LogP contribution in [0.25, 0.3) is 0 Å². The molecule has 0 radical (unpaired) electrons. The Morgan fingerprint density at radius 3 is 2.60 bits per heavy atom. The first kappa shape index (κ1) is 15.3. The zero-order valence-corrected chi connectivity index (χ0v) is 10.7. The molecule has 0 aromatic heterocycles. The molecule has 0 aliphatic heterocycles. The van der Waals surface area contributed by atoms with E-state index in [0.29, 0.717) is 0 Å². The van der Waals surface area contributed by atoms with Gasteiger partial charge in [-0.05, 0) is 13.0 Å². The van der Waals surface area contributed by atoms with Crippen molar-refractivity contribution in [2.45, 2.75) is 13.0 Å². The van der Waals surface area contributed by atoms with Crippen LogP contribution in [-0.4, -0.2) is 30.0 Å². The number of amides is 3. The average Bonchev–Trinajstić information content (AvgIpc) is 2.37. The van der Waals surface area contributed by atoms with Crippen molar-refractivity contribution >= 4 is 17.6 Å². The van der Waals surface area contributed by atoms with Gasteiger partial charge < -0.3 is 10.1 Å². The van der Waals surface area contributed by atoms with E-state index >= 15 is 0 Å².